The van der Waals surface area contributed by atoms with Gasteiger partial charge in [0.1, 0.15) is 0 Å². The number of rotatable bonds is 4. The van der Waals surface area contributed by atoms with Crippen LogP contribution in [0.25, 0.3) is 0 Å². The Labute approximate surface area is 145 Å². The molecule has 0 spiro atoms. The highest BCUT2D eigenvalue weighted by molar-refractivity contribution is 5.27. The molecule has 25 heavy (non-hydrogen) atoms. The van der Waals surface area contributed by atoms with Crippen molar-refractivity contribution in [2.24, 2.45) is 0 Å². The summed E-state index contributed by atoms with van der Waals surface area (Å²) < 4.78 is 1.94. The maximum Gasteiger partial charge on any atom is 0.257 e. The number of aromatic nitrogens is 4. The molecule has 1 aliphatic rings. The third kappa shape index (κ3) is 3.46. The Morgan fingerprint density at radius 1 is 1.16 bits per heavy atom. The molecule has 3 heterocycles. The fraction of sp³-hybridized carbons (Fsp3) is 0.278. The van der Waals surface area contributed by atoms with Crippen LogP contribution in [-0.4, -0.2) is 31.2 Å². The number of nitrogens with two attached hydrogens (primary N) is 1. The lowest BCUT2D eigenvalue weighted by molar-refractivity contribution is 0.242. The van der Waals surface area contributed by atoms with Crippen LogP contribution in [0.15, 0.2) is 47.5 Å². The van der Waals surface area contributed by atoms with Crippen molar-refractivity contribution >= 4 is 5.95 Å². The predicted octanol–water partition coefficient (Wildman–Crippen LogP) is 1.16. The Kier molecular flexibility index (Phi) is 4.07. The first kappa shape index (κ1) is 15.6. The minimum Gasteiger partial charge on any atom is -0.369 e. The molecule has 4 rings (SSSR count). The molecule has 0 radical (unpaired) electrons. The Balaban J connectivity index is 1.44. The van der Waals surface area contributed by atoms with Crippen molar-refractivity contribution in [3.05, 3.63) is 75.5 Å². The molecule has 3 aromatic rings. The van der Waals surface area contributed by atoms with Gasteiger partial charge in [0.25, 0.3) is 5.56 Å². The smallest absolute Gasteiger partial charge is 0.257 e. The summed E-state index contributed by atoms with van der Waals surface area (Å²) in [7, 11) is 0. The topological polar surface area (TPSA) is 92.8 Å². The molecule has 0 aliphatic carbocycles. The Bertz CT molecular complexity index is 930. The minimum absolute atomic E-state index is 0.132. The van der Waals surface area contributed by atoms with Crippen LogP contribution in [0.1, 0.15) is 22.4 Å². The van der Waals surface area contributed by atoms with Crippen molar-refractivity contribution in [1.29, 1.82) is 0 Å². The molecule has 7 nitrogen and oxygen atoms in total. The van der Waals surface area contributed by atoms with E-state index in [1.165, 1.54) is 5.56 Å². The molecule has 0 bridgehead atoms. The molecule has 3 N–H and O–H groups in total. The van der Waals surface area contributed by atoms with Crippen LogP contribution in [0, 0.1) is 0 Å². The van der Waals surface area contributed by atoms with Crippen molar-refractivity contribution < 1.29 is 0 Å². The van der Waals surface area contributed by atoms with E-state index in [0.29, 0.717) is 6.54 Å². The van der Waals surface area contributed by atoms with Crippen molar-refractivity contribution in [3.8, 4) is 0 Å². The molecule has 0 amide bonds. The highest BCUT2D eigenvalue weighted by Crippen LogP contribution is 2.16. The zero-order valence-electron chi connectivity index (χ0n) is 13.9. The van der Waals surface area contributed by atoms with E-state index in [0.717, 1.165) is 42.9 Å². The zero-order valence-corrected chi connectivity index (χ0v) is 13.9. The highest BCUT2D eigenvalue weighted by Gasteiger charge is 2.21. The SMILES string of the molecule is Nc1nc2c(c(=O)[nH]1)CN(Cc1cnn(Cc3ccccc3)c1)CC2. The van der Waals surface area contributed by atoms with E-state index in [-0.39, 0.29) is 11.5 Å². The van der Waals surface area contributed by atoms with E-state index in [2.05, 4.69) is 38.3 Å². The van der Waals surface area contributed by atoms with E-state index in [1.54, 1.807) is 0 Å². The van der Waals surface area contributed by atoms with Crippen molar-refractivity contribution in [1.82, 2.24) is 24.6 Å². The molecule has 1 aromatic carbocycles. The van der Waals surface area contributed by atoms with Crippen LogP contribution < -0.4 is 11.3 Å². The van der Waals surface area contributed by atoms with Crippen LogP contribution in [0.4, 0.5) is 5.95 Å². The van der Waals surface area contributed by atoms with Gasteiger partial charge in [-0.05, 0) is 5.56 Å². The minimum atomic E-state index is -0.132. The van der Waals surface area contributed by atoms with Crippen LogP contribution in [-0.2, 0) is 26.1 Å². The first-order valence-corrected chi connectivity index (χ1v) is 8.32. The van der Waals surface area contributed by atoms with Gasteiger partial charge in [0.05, 0.1) is 24.0 Å². The first-order valence-electron chi connectivity index (χ1n) is 8.32. The van der Waals surface area contributed by atoms with Crippen molar-refractivity contribution in [2.45, 2.75) is 26.1 Å². The first-order chi connectivity index (χ1) is 12.2. The molecule has 128 valence electrons. The summed E-state index contributed by atoms with van der Waals surface area (Å²) in [4.78, 5) is 21.1. The lowest BCUT2D eigenvalue weighted by Gasteiger charge is -2.26. The average molecular weight is 336 g/mol. The Hall–Kier alpha value is -2.93. The molecule has 0 saturated heterocycles. The third-order valence-corrected chi connectivity index (χ3v) is 4.45. The second-order valence-corrected chi connectivity index (χ2v) is 6.37. The van der Waals surface area contributed by atoms with Crippen LogP contribution in [0.2, 0.25) is 0 Å². The van der Waals surface area contributed by atoms with Gasteiger partial charge in [0.2, 0.25) is 5.95 Å². The zero-order chi connectivity index (χ0) is 17.2. The number of hydrogen-bond acceptors (Lipinski definition) is 5. The van der Waals surface area contributed by atoms with Crippen LogP contribution in [0.3, 0.4) is 0 Å². The molecular weight excluding hydrogens is 316 g/mol. The molecule has 1 aliphatic heterocycles. The average Bonchev–Trinajstić information content (AvgIpc) is 3.03. The summed E-state index contributed by atoms with van der Waals surface area (Å²) in [5.41, 5.74) is 9.38. The Morgan fingerprint density at radius 2 is 2.00 bits per heavy atom. The lowest BCUT2D eigenvalue weighted by Crippen LogP contribution is -2.35. The molecule has 0 fully saturated rings. The summed E-state index contributed by atoms with van der Waals surface area (Å²) in [6, 6.07) is 10.3. The van der Waals surface area contributed by atoms with E-state index in [4.69, 9.17) is 5.73 Å². The van der Waals surface area contributed by atoms with Gasteiger partial charge in [-0.3, -0.25) is 19.4 Å². The summed E-state index contributed by atoms with van der Waals surface area (Å²) in [5, 5.41) is 4.44. The van der Waals surface area contributed by atoms with E-state index >= 15 is 0 Å². The van der Waals surface area contributed by atoms with Gasteiger partial charge < -0.3 is 5.73 Å². The second-order valence-electron chi connectivity index (χ2n) is 6.37. The number of benzene rings is 1. The van der Waals surface area contributed by atoms with Gasteiger partial charge in [-0.1, -0.05) is 30.3 Å². The number of fused-ring (bicyclic) bond motifs is 1. The number of nitrogens with one attached hydrogen (secondary N) is 1. The number of H-pyrrole nitrogens is 1. The molecular formula is C18H20N6O. The largest absolute Gasteiger partial charge is 0.369 e. The monoisotopic (exact) mass is 336 g/mol. The third-order valence-electron chi connectivity index (χ3n) is 4.45. The summed E-state index contributed by atoms with van der Waals surface area (Å²) in [5.74, 6) is 0.194. The Morgan fingerprint density at radius 3 is 2.84 bits per heavy atom. The maximum atomic E-state index is 12.1. The van der Waals surface area contributed by atoms with Crippen molar-refractivity contribution in [2.75, 3.05) is 12.3 Å². The van der Waals surface area contributed by atoms with Crippen LogP contribution in [0.5, 0.6) is 0 Å². The molecule has 2 aromatic heterocycles. The number of aromatic amines is 1. The van der Waals surface area contributed by atoms with Crippen LogP contribution >= 0.6 is 0 Å². The molecule has 0 saturated carbocycles. The van der Waals surface area contributed by atoms with E-state index < -0.39 is 0 Å². The molecule has 0 atom stereocenters. The lowest BCUT2D eigenvalue weighted by atomic mass is 10.1. The van der Waals surface area contributed by atoms with Gasteiger partial charge in [-0.2, -0.15) is 5.10 Å². The van der Waals surface area contributed by atoms with Gasteiger partial charge in [0.15, 0.2) is 0 Å². The summed E-state index contributed by atoms with van der Waals surface area (Å²) >= 11 is 0. The molecule has 7 heteroatoms. The summed E-state index contributed by atoms with van der Waals surface area (Å²) in [6.07, 6.45) is 4.69. The number of anilines is 1. The normalized spacial score (nSPS) is 14.4. The van der Waals surface area contributed by atoms with E-state index in [1.807, 2.05) is 29.1 Å². The predicted molar refractivity (Wildman–Crippen MR) is 94.9 cm³/mol. The van der Waals surface area contributed by atoms with Gasteiger partial charge >= 0.3 is 0 Å². The van der Waals surface area contributed by atoms with Crippen molar-refractivity contribution in [3.63, 3.8) is 0 Å². The quantitative estimate of drug-likeness (QED) is 0.746. The van der Waals surface area contributed by atoms with E-state index in [9.17, 15) is 4.79 Å². The standard InChI is InChI=1S/C18H20N6O/c19-18-21-16-6-7-23(12-15(16)17(25)22-18)9-14-8-20-24(11-14)10-13-4-2-1-3-5-13/h1-5,8,11H,6-7,9-10,12H2,(H3,19,21,22,25). The number of hydrogen-bond donors (Lipinski definition) is 2. The fourth-order valence-corrected chi connectivity index (χ4v) is 3.24. The molecule has 0 unspecified atom stereocenters. The fourth-order valence-electron chi connectivity index (χ4n) is 3.24. The van der Waals surface area contributed by atoms with Gasteiger partial charge in [0, 0.05) is 37.8 Å². The van der Waals surface area contributed by atoms with Gasteiger partial charge in [-0.25, -0.2) is 4.98 Å². The number of nitrogens with zero attached hydrogens (tertiary/aromatic N) is 4. The second kappa shape index (κ2) is 6.52. The highest BCUT2D eigenvalue weighted by atomic mass is 16.1. The van der Waals surface area contributed by atoms with Gasteiger partial charge in [-0.15, -0.1) is 0 Å². The maximum absolute atomic E-state index is 12.1. The number of nitrogen functional groups attached to an aromatic ring is 1. The summed E-state index contributed by atoms with van der Waals surface area (Å²) in [6.45, 7) is 2.96.